The van der Waals surface area contributed by atoms with Gasteiger partial charge in [-0.05, 0) is 58.2 Å². The molecule has 3 heterocycles. The number of hydrazine groups is 1. The predicted molar refractivity (Wildman–Crippen MR) is 118 cm³/mol. The Kier molecular flexibility index (Phi) is 13.4. The zero-order valence-corrected chi connectivity index (χ0v) is 23.7. The molecule has 2 saturated carbocycles. The van der Waals surface area contributed by atoms with Crippen LogP contribution in [0.1, 0.15) is 6.92 Å². The summed E-state index contributed by atoms with van der Waals surface area (Å²) in [5.41, 5.74) is 12.1. The number of piperidine rings is 1. The Morgan fingerprint density at radius 3 is 1.57 bits per heavy atom. The molecule has 42 heavy (non-hydrogen) atoms. The smallest absolute Gasteiger partial charge is 0.243 e. The van der Waals surface area contributed by atoms with Crippen molar-refractivity contribution in [1.29, 1.82) is 11.1 Å². The second kappa shape index (κ2) is 15.9. The first-order valence-corrected chi connectivity index (χ1v) is 10.7. The van der Waals surface area contributed by atoms with Gasteiger partial charge >= 0.3 is 0 Å². The molecular formula is C11H19N22O8Y-. The summed E-state index contributed by atoms with van der Waals surface area (Å²) in [5.74, 6) is 5.22. The van der Waals surface area contributed by atoms with Crippen LogP contribution in [0, 0.1) is 75.2 Å². The molecule has 0 spiro atoms. The fourth-order valence-corrected chi connectivity index (χ4v) is 6.00. The molecule has 0 aromatic rings. The van der Waals surface area contributed by atoms with Crippen LogP contribution in [-0.4, -0.2) is 61.2 Å². The molecule has 0 aromatic carbocycles. The maximum absolute atomic E-state index is 11.7. The molecule has 2 aliphatic carbocycles. The van der Waals surface area contributed by atoms with Crippen molar-refractivity contribution in [3.63, 3.8) is 0 Å². The minimum absolute atomic E-state index is 0. The third kappa shape index (κ3) is 6.94. The van der Waals surface area contributed by atoms with Crippen LogP contribution in [0.5, 0.6) is 0 Å². The number of nitrogens with zero attached hydrogens (tertiary/aromatic N) is 18. The third-order valence-corrected chi connectivity index (χ3v) is 6.88. The van der Waals surface area contributed by atoms with Gasteiger partial charge in [0.1, 0.15) is 5.92 Å². The van der Waals surface area contributed by atoms with Gasteiger partial charge in [0.25, 0.3) is 0 Å². The van der Waals surface area contributed by atoms with E-state index in [9.17, 15) is 40.5 Å². The van der Waals surface area contributed by atoms with Crippen LogP contribution in [0.25, 0.3) is 5.32 Å². The topological polar surface area (TPSA) is 438 Å². The standard InChI is InChI=1S/C11H13N6O8.H3N9.H3N7.Y/c1-2-3-6-8(15(20)21)5(7(3)14(18)19)9-10(16(22)23)4(2)11(12-6)13(9)17(24)25;1-3-5-7-9-8-6-4-2;1-3-5-7-6-4-2;/h2-11H,1H3;(H3,1,2,5,6,9);(H3,1,2,5,6);/q-1;;;. The van der Waals surface area contributed by atoms with E-state index in [0.717, 1.165) is 0 Å². The second-order valence-corrected chi connectivity index (χ2v) is 8.23. The molecule has 1 radical (unpaired) electrons. The fourth-order valence-electron chi connectivity index (χ4n) is 6.00. The van der Waals surface area contributed by atoms with Crippen molar-refractivity contribution in [3.8, 4) is 0 Å². The molecule has 10 atom stereocenters. The van der Waals surface area contributed by atoms with Crippen LogP contribution in [0.2, 0.25) is 0 Å². The van der Waals surface area contributed by atoms with E-state index in [0.29, 0.717) is 5.01 Å². The summed E-state index contributed by atoms with van der Waals surface area (Å²) in [7, 11) is 0. The summed E-state index contributed by atoms with van der Waals surface area (Å²) in [4.78, 5) is 44.4. The molecule has 225 valence electrons. The van der Waals surface area contributed by atoms with E-state index in [1.165, 1.54) is 0 Å². The molecule has 0 aromatic heterocycles. The van der Waals surface area contributed by atoms with Crippen molar-refractivity contribution in [2.24, 2.45) is 98.0 Å². The number of hydrogen-bond acceptors (Lipinski definition) is 12. The van der Waals surface area contributed by atoms with Crippen LogP contribution in [0.4, 0.5) is 0 Å². The van der Waals surface area contributed by atoms with E-state index in [1.807, 2.05) is 0 Å². The van der Waals surface area contributed by atoms with Gasteiger partial charge in [-0.2, -0.15) is 11.1 Å². The molecule has 5 fully saturated rings. The Morgan fingerprint density at radius 2 is 1.14 bits per heavy atom. The second-order valence-electron chi connectivity index (χ2n) is 8.23. The summed E-state index contributed by atoms with van der Waals surface area (Å²) < 4.78 is 0. The molecule has 30 nitrogen and oxygen atoms in total. The van der Waals surface area contributed by atoms with Gasteiger partial charge in [0, 0.05) is 65.5 Å². The van der Waals surface area contributed by atoms with E-state index in [4.69, 9.17) is 11.1 Å². The van der Waals surface area contributed by atoms with Gasteiger partial charge in [-0.3, -0.25) is 30.3 Å². The number of nitrogens with two attached hydrogens (primary N) is 2. The minimum atomic E-state index is -1.52. The van der Waals surface area contributed by atoms with Crippen molar-refractivity contribution in [2.45, 2.75) is 43.3 Å². The summed E-state index contributed by atoms with van der Waals surface area (Å²) in [5, 5.41) is 83.3. The number of hydrogen-bond donors (Lipinski definition) is 4. The summed E-state index contributed by atoms with van der Waals surface area (Å²) in [6.07, 6.45) is -1.16. The van der Waals surface area contributed by atoms with Gasteiger partial charge in [0.2, 0.25) is 18.1 Å². The Balaban J connectivity index is 0.000000433. The van der Waals surface area contributed by atoms with E-state index < -0.39 is 79.8 Å². The quantitative estimate of drug-likeness (QED) is 0.115. The average Bonchev–Trinajstić information content (AvgIpc) is 3.37. The van der Waals surface area contributed by atoms with Crippen molar-refractivity contribution < 1.29 is 52.5 Å². The molecule has 0 amide bonds. The first-order chi connectivity index (χ1) is 19.5. The largest absolute Gasteiger partial charge is 0.628 e. The number of rotatable bonds is 9. The normalized spacial score (nSPS) is 33.7. The van der Waals surface area contributed by atoms with Crippen LogP contribution >= 0.6 is 0 Å². The average molecular weight is 676 g/mol. The Labute approximate surface area is 255 Å². The Bertz CT molecular complexity index is 1120. The SMILES string of the molecule is CC1C2C3[N-]C4C1C([N+](=O)[O-])C(C(C3[N+](=O)[O-])C2[N+](=O)[O-])N4[N+](=O)[O-].N=N/N=N/N=N/N.N=N/N=N/N=N/N=N/N.[Y]. The van der Waals surface area contributed by atoms with Crippen LogP contribution < -0.4 is 11.7 Å². The molecule has 6 N–H and O–H groups in total. The van der Waals surface area contributed by atoms with Gasteiger partial charge in [-0.15, -0.1) is 5.01 Å². The Hall–Kier alpha value is -4.74. The third-order valence-electron chi connectivity index (χ3n) is 6.88. The maximum Gasteiger partial charge on any atom is 0.243 e. The molecular weight excluding hydrogens is 657 g/mol. The summed E-state index contributed by atoms with van der Waals surface area (Å²) in [6, 6.07) is -7.03. The number of nitro groups is 4. The molecule has 5 aliphatic rings. The van der Waals surface area contributed by atoms with Crippen LogP contribution in [-0.2, 0) is 32.7 Å². The van der Waals surface area contributed by atoms with Crippen molar-refractivity contribution in [1.82, 2.24) is 5.01 Å². The van der Waals surface area contributed by atoms with E-state index in [2.05, 4.69) is 79.7 Å². The van der Waals surface area contributed by atoms with E-state index in [-0.39, 0.29) is 32.7 Å². The van der Waals surface area contributed by atoms with E-state index in [1.54, 1.807) is 6.92 Å². The summed E-state index contributed by atoms with van der Waals surface area (Å²) >= 11 is 0. The molecule has 6 bridgehead atoms. The van der Waals surface area contributed by atoms with Gasteiger partial charge in [-0.25, -0.2) is 10.1 Å². The fraction of sp³-hybridized carbons (Fsp3) is 1.00. The van der Waals surface area contributed by atoms with Crippen LogP contribution in [0.15, 0.2) is 62.7 Å². The van der Waals surface area contributed by atoms with Crippen molar-refractivity contribution >= 4 is 0 Å². The van der Waals surface area contributed by atoms with Crippen molar-refractivity contribution in [3.05, 3.63) is 45.8 Å². The van der Waals surface area contributed by atoms with Gasteiger partial charge < -0.3 is 17.0 Å². The van der Waals surface area contributed by atoms with Crippen LogP contribution in [0.3, 0.4) is 0 Å². The minimum Gasteiger partial charge on any atom is -0.628 e. The summed E-state index contributed by atoms with van der Waals surface area (Å²) in [6.45, 7) is 1.56. The molecule has 31 heteroatoms. The van der Waals surface area contributed by atoms with Gasteiger partial charge in [0.05, 0.1) is 0 Å². The van der Waals surface area contributed by atoms with E-state index >= 15 is 0 Å². The molecule has 3 aliphatic heterocycles. The molecule has 3 saturated heterocycles. The Morgan fingerprint density at radius 1 is 0.690 bits per heavy atom. The zero-order chi connectivity index (χ0) is 30.9. The van der Waals surface area contributed by atoms with Gasteiger partial charge in [-0.1, -0.05) is 23.4 Å². The van der Waals surface area contributed by atoms with Crippen molar-refractivity contribution in [2.75, 3.05) is 0 Å². The maximum atomic E-state index is 11.7. The molecule has 5 rings (SSSR count). The first-order valence-electron chi connectivity index (χ1n) is 10.7. The van der Waals surface area contributed by atoms with Gasteiger partial charge in [0.15, 0.2) is 11.1 Å². The zero-order valence-electron chi connectivity index (χ0n) is 20.8. The molecule has 10 unspecified atom stereocenters. The number of nitrogens with one attached hydrogen (secondary N) is 2. The monoisotopic (exact) mass is 676 g/mol. The first kappa shape index (κ1) is 35.3. The predicted octanol–water partition coefficient (Wildman–Crippen LogP) is 1.01.